The molecule has 218 valence electrons. The number of hydrogen-bond donors (Lipinski definition) is 2. The zero-order valence-corrected chi connectivity index (χ0v) is 25.4. The van der Waals surface area contributed by atoms with Crippen molar-refractivity contribution < 1.29 is 24.1 Å². The monoisotopic (exact) mass is 572 g/mol. The van der Waals surface area contributed by atoms with Gasteiger partial charge in [-0.2, -0.15) is 0 Å². The maximum Gasteiger partial charge on any atom is 0.261 e. The Morgan fingerprint density at radius 2 is 1.44 bits per heavy atom. The zero-order chi connectivity index (χ0) is 29.3. The molecule has 41 heavy (non-hydrogen) atoms. The van der Waals surface area contributed by atoms with Gasteiger partial charge >= 0.3 is 0 Å². The van der Waals surface area contributed by atoms with Gasteiger partial charge in [0.15, 0.2) is 0 Å². The van der Waals surface area contributed by atoms with Crippen molar-refractivity contribution in [2.45, 2.75) is 75.8 Å². The zero-order valence-electron chi connectivity index (χ0n) is 24.4. The van der Waals surface area contributed by atoms with Crippen LogP contribution in [-0.4, -0.2) is 55.7 Å². The van der Waals surface area contributed by atoms with Crippen LogP contribution >= 0.6 is 0 Å². The first-order valence-electron chi connectivity index (χ1n) is 14.5. The molecule has 6 heteroatoms. The molecule has 0 bridgehead atoms. The summed E-state index contributed by atoms with van der Waals surface area (Å²) < 4.78 is 20.3. The van der Waals surface area contributed by atoms with Gasteiger partial charge in [0.05, 0.1) is 25.4 Å². The van der Waals surface area contributed by atoms with Gasteiger partial charge in [-0.05, 0) is 33.8 Å². The van der Waals surface area contributed by atoms with E-state index in [1.807, 2.05) is 54.6 Å². The van der Waals surface area contributed by atoms with Crippen LogP contribution in [0, 0.1) is 0 Å². The molecule has 0 radical (unpaired) electrons. The molecule has 3 aromatic carbocycles. The van der Waals surface area contributed by atoms with Gasteiger partial charge in [-0.1, -0.05) is 130 Å². The van der Waals surface area contributed by atoms with Crippen LogP contribution in [-0.2, 0) is 20.5 Å². The van der Waals surface area contributed by atoms with Gasteiger partial charge < -0.3 is 24.1 Å². The van der Waals surface area contributed by atoms with Crippen molar-refractivity contribution in [3.63, 3.8) is 0 Å². The van der Waals surface area contributed by atoms with E-state index in [0.29, 0.717) is 19.4 Å². The first kappa shape index (κ1) is 31.1. The Morgan fingerprint density at radius 3 is 1.98 bits per heavy atom. The minimum atomic E-state index is -2.86. The van der Waals surface area contributed by atoms with Crippen molar-refractivity contribution in [2.24, 2.45) is 0 Å². The first-order valence-corrected chi connectivity index (χ1v) is 16.4. The van der Waals surface area contributed by atoms with Crippen molar-refractivity contribution in [1.82, 2.24) is 0 Å². The molecule has 3 aromatic rings. The molecule has 5 nitrogen and oxygen atoms in total. The summed E-state index contributed by atoms with van der Waals surface area (Å²) in [6, 6.07) is 31.0. The lowest BCUT2D eigenvalue weighted by Crippen LogP contribution is -2.67. The van der Waals surface area contributed by atoms with Crippen LogP contribution in [0.1, 0.15) is 39.2 Å². The van der Waals surface area contributed by atoms with Gasteiger partial charge in [0.25, 0.3) is 8.32 Å². The normalized spacial score (nSPS) is 23.5. The molecule has 1 aliphatic rings. The summed E-state index contributed by atoms with van der Waals surface area (Å²) in [7, 11) is -2.86. The maximum atomic E-state index is 11.0. The lowest BCUT2D eigenvalue weighted by molar-refractivity contribution is -0.165. The molecule has 0 saturated carbocycles. The molecule has 0 amide bonds. The van der Waals surface area contributed by atoms with E-state index < -0.39 is 32.7 Å². The number of benzene rings is 3. The quantitative estimate of drug-likeness (QED) is 0.260. The summed E-state index contributed by atoms with van der Waals surface area (Å²) in [5.74, 6) is 0. The molecule has 1 unspecified atom stereocenters. The van der Waals surface area contributed by atoms with E-state index in [-0.39, 0.29) is 17.7 Å². The van der Waals surface area contributed by atoms with E-state index in [1.54, 1.807) is 0 Å². The fourth-order valence-electron chi connectivity index (χ4n) is 5.64. The molecule has 1 aliphatic heterocycles. The van der Waals surface area contributed by atoms with E-state index in [2.05, 4.69) is 75.9 Å². The first-order chi connectivity index (χ1) is 19.8. The molecule has 0 spiro atoms. The second-order valence-electron chi connectivity index (χ2n) is 11.7. The standard InChI is InChI=1S/C35H44O5Si/c1-5-30(36)34-31(37)23-15-16-24-32(38-25-27-17-9-6-10-18-27)33(40-34)26-39-41(35(2,3)4,28-19-11-7-12-20-28)29-21-13-8-14-22-29/h5-22,30-34,36-37H,1,23-26H2,2-4H3/b16-15-/t30?,31-,32-,33+,34+/m0/s1. The third-order valence-corrected chi connectivity index (χ3v) is 12.8. The van der Waals surface area contributed by atoms with Crippen LogP contribution in [0.2, 0.25) is 5.04 Å². The topological polar surface area (TPSA) is 68.2 Å². The lowest BCUT2D eigenvalue weighted by Gasteiger charge is -2.44. The molecule has 5 atom stereocenters. The van der Waals surface area contributed by atoms with Crippen molar-refractivity contribution >= 4 is 18.7 Å². The number of rotatable bonds is 10. The summed E-state index contributed by atoms with van der Waals surface area (Å²) in [6.07, 6.45) is 2.59. The third-order valence-electron chi connectivity index (χ3n) is 7.80. The Bertz CT molecular complexity index is 1190. The van der Waals surface area contributed by atoms with Gasteiger partial charge in [-0.3, -0.25) is 0 Å². The number of aliphatic hydroxyl groups is 2. The number of ether oxygens (including phenoxy) is 2. The predicted octanol–water partition coefficient (Wildman–Crippen LogP) is 5.16. The van der Waals surface area contributed by atoms with E-state index >= 15 is 0 Å². The number of aliphatic hydroxyl groups excluding tert-OH is 2. The maximum absolute atomic E-state index is 11.0. The molecule has 0 fully saturated rings. The number of hydrogen-bond acceptors (Lipinski definition) is 5. The summed E-state index contributed by atoms with van der Waals surface area (Å²) >= 11 is 0. The molecule has 1 heterocycles. The van der Waals surface area contributed by atoms with Crippen LogP contribution in [0.25, 0.3) is 0 Å². The molecular weight excluding hydrogens is 528 g/mol. The van der Waals surface area contributed by atoms with Crippen LogP contribution in [0.3, 0.4) is 0 Å². The fourth-order valence-corrected chi connectivity index (χ4v) is 10.2. The Labute approximate surface area is 246 Å². The minimum absolute atomic E-state index is 0.214. The summed E-state index contributed by atoms with van der Waals surface area (Å²) in [4.78, 5) is 0. The van der Waals surface area contributed by atoms with E-state index in [0.717, 1.165) is 5.56 Å². The Hall–Kier alpha value is -2.84. The highest BCUT2D eigenvalue weighted by Crippen LogP contribution is 2.37. The van der Waals surface area contributed by atoms with Crippen molar-refractivity contribution in [1.29, 1.82) is 0 Å². The highest BCUT2D eigenvalue weighted by atomic mass is 28.4. The fraction of sp³-hybridized carbons (Fsp3) is 0.371. The highest BCUT2D eigenvalue weighted by Gasteiger charge is 2.51. The predicted molar refractivity (Wildman–Crippen MR) is 168 cm³/mol. The van der Waals surface area contributed by atoms with Crippen LogP contribution < -0.4 is 10.4 Å². The third kappa shape index (κ3) is 7.52. The molecular formula is C35H44O5Si. The van der Waals surface area contributed by atoms with Crippen LogP contribution in [0.4, 0.5) is 0 Å². The van der Waals surface area contributed by atoms with E-state index in [9.17, 15) is 10.2 Å². The lowest BCUT2D eigenvalue weighted by atomic mass is 10.0. The molecule has 2 N–H and O–H groups in total. The molecule has 0 aliphatic carbocycles. The van der Waals surface area contributed by atoms with Crippen molar-refractivity contribution in [3.8, 4) is 0 Å². The van der Waals surface area contributed by atoms with Gasteiger partial charge in [0, 0.05) is 0 Å². The molecule has 0 aromatic heterocycles. The Morgan fingerprint density at radius 1 is 0.902 bits per heavy atom. The summed E-state index contributed by atoms with van der Waals surface area (Å²) in [5, 5.41) is 23.9. The summed E-state index contributed by atoms with van der Waals surface area (Å²) in [5.41, 5.74) is 1.06. The van der Waals surface area contributed by atoms with Gasteiger partial charge in [-0.15, -0.1) is 6.58 Å². The molecule has 0 saturated heterocycles. The summed E-state index contributed by atoms with van der Waals surface area (Å²) in [6.45, 7) is 11.1. The van der Waals surface area contributed by atoms with E-state index in [4.69, 9.17) is 13.9 Å². The smallest absolute Gasteiger partial charge is 0.261 e. The largest absolute Gasteiger partial charge is 0.405 e. The minimum Gasteiger partial charge on any atom is -0.405 e. The van der Waals surface area contributed by atoms with Gasteiger partial charge in [0.1, 0.15) is 18.3 Å². The average Bonchev–Trinajstić information content (AvgIpc) is 3.06. The van der Waals surface area contributed by atoms with Gasteiger partial charge in [-0.25, -0.2) is 0 Å². The van der Waals surface area contributed by atoms with E-state index in [1.165, 1.54) is 16.4 Å². The van der Waals surface area contributed by atoms with Crippen LogP contribution in [0.15, 0.2) is 116 Å². The average molecular weight is 573 g/mol. The second kappa shape index (κ2) is 14.4. The van der Waals surface area contributed by atoms with Gasteiger partial charge in [0.2, 0.25) is 0 Å². The highest BCUT2D eigenvalue weighted by molar-refractivity contribution is 6.99. The van der Waals surface area contributed by atoms with Crippen molar-refractivity contribution in [2.75, 3.05) is 6.61 Å². The van der Waals surface area contributed by atoms with Crippen molar-refractivity contribution in [3.05, 3.63) is 121 Å². The molecule has 4 rings (SSSR count). The second-order valence-corrected chi connectivity index (χ2v) is 16.0. The van der Waals surface area contributed by atoms with Crippen LogP contribution in [0.5, 0.6) is 0 Å². The Balaban J connectivity index is 1.74. The SMILES string of the molecule is C=CC(O)[C@H]1O[C@H](CO[Si](c2ccccc2)(c2ccccc2)C(C)(C)C)[C@@H](OCc2ccccc2)C/C=C\C[C@@H]1O. The Kier molecular flexibility index (Phi) is 10.9.